The van der Waals surface area contributed by atoms with Crippen LogP contribution >= 0.6 is 0 Å². The lowest BCUT2D eigenvalue weighted by atomic mass is 10.2. The molecule has 0 bridgehead atoms. The Kier molecular flexibility index (Phi) is 8.13. The molecule has 0 radical (unpaired) electrons. The lowest BCUT2D eigenvalue weighted by molar-refractivity contribution is 0.264. The van der Waals surface area contributed by atoms with Gasteiger partial charge in [-0.1, -0.05) is 32.3 Å². The van der Waals surface area contributed by atoms with Gasteiger partial charge in [-0.3, -0.25) is 0 Å². The molecule has 2 nitrogen and oxygen atoms in total. The normalized spacial score (nSPS) is 12.6. The van der Waals surface area contributed by atoms with Crippen LogP contribution in [-0.2, 0) is 8.85 Å². The molecule has 0 fully saturated rings. The van der Waals surface area contributed by atoms with Gasteiger partial charge in [-0.05, 0) is 25.1 Å². The van der Waals surface area contributed by atoms with E-state index >= 15 is 0 Å². The Morgan fingerprint density at radius 1 is 1.07 bits per heavy atom. The van der Waals surface area contributed by atoms with Crippen LogP contribution in [0, 0.1) is 0 Å². The molecule has 14 heavy (non-hydrogen) atoms. The molecule has 0 rings (SSSR count). The smallest absolute Gasteiger partial charge is 0.360 e. The van der Waals surface area contributed by atoms with Crippen molar-refractivity contribution in [3.05, 3.63) is 11.8 Å². The molecule has 0 aliphatic carbocycles. The van der Waals surface area contributed by atoms with Crippen molar-refractivity contribution in [1.29, 1.82) is 0 Å². The van der Waals surface area contributed by atoms with E-state index in [0.29, 0.717) is 0 Å². The third-order valence-corrected chi connectivity index (χ3v) is 4.92. The van der Waals surface area contributed by atoms with Crippen LogP contribution in [0.3, 0.4) is 0 Å². The molecule has 0 aliphatic rings. The Morgan fingerprint density at radius 3 is 2.21 bits per heavy atom. The van der Waals surface area contributed by atoms with Crippen molar-refractivity contribution in [2.45, 2.75) is 45.6 Å². The van der Waals surface area contributed by atoms with Crippen LogP contribution in [0.5, 0.6) is 0 Å². The molecule has 0 heterocycles. The summed E-state index contributed by atoms with van der Waals surface area (Å²) in [5.74, 6) is 0. The van der Waals surface area contributed by atoms with E-state index in [-0.39, 0.29) is 0 Å². The van der Waals surface area contributed by atoms with Crippen molar-refractivity contribution < 1.29 is 8.85 Å². The van der Waals surface area contributed by atoms with E-state index in [1.165, 1.54) is 25.7 Å². The zero-order valence-corrected chi connectivity index (χ0v) is 11.0. The molecule has 0 saturated heterocycles. The van der Waals surface area contributed by atoms with Gasteiger partial charge in [0.1, 0.15) is 0 Å². The van der Waals surface area contributed by atoms with Crippen molar-refractivity contribution in [2.75, 3.05) is 14.2 Å². The molecule has 0 atom stereocenters. The maximum atomic E-state index is 5.34. The summed E-state index contributed by atoms with van der Waals surface area (Å²) in [5, 5.41) is 0. The number of hydrogen-bond donors (Lipinski definition) is 0. The van der Waals surface area contributed by atoms with Crippen LogP contribution < -0.4 is 0 Å². The minimum Gasteiger partial charge on any atom is -0.395 e. The Hall–Kier alpha value is -0.123. The molecule has 3 heteroatoms. The number of allylic oxidation sites excluding steroid dienone is 1. The summed E-state index contributed by atoms with van der Waals surface area (Å²) in [6, 6.07) is 0. The van der Waals surface area contributed by atoms with Gasteiger partial charge in [0.05, 0.1) is 0 Å². The maximum absolute atomic E-state index is 5.34. The van der Waals surface area contributed by atoms with Gasteiger partial charge in [0.15, 0.2) is 0 Å². The summed E-state index contributed by atoms with van der Waals surface area (Å²) in [7, 11) is 1.49. The lowest BCUT2D eigenvalue weighted by Gasteiger charge is -2.17. The van der Waals surface area contributed by atoms with E-state index in [0.717, 1.165) is 6.42 Å². The molecule has 0 saturated carbocycles. The first-order valence-corrected chi connectivity index (χ1v) is 7.86. The third kappa shape index (κ3) is 6.35. The molecule has 0 aromatic heterocycles. The van der Waals surface area contributed by atoms with Gasteiger partial charge in [-0.15, -0.1) is 0 Å². The predicted molar refractivity (Wildman–Crippen MR) is 63.5 cm³/mol. The van der Waals surface area contributed by atoms with Gasteiger partial charge in [-0.2, -0.15) is 0 Å². The second kappa shape index (κ2) is 8.21. The molecule has 0 spiro atoms. The summed E-state index contributed by atoms with van der Waals surface area (Å²) in [6.45, 7) is 4.28. The number of unbranched alkanes of at least 4 members (excludes halogenated alkanes) is 4. The summed E-state index contributed by atoms with van der Waals surface area (Å²) in [6.07, 6.45) is 8.61. The summed E-state index contributed by atoms with van der Waals surface area (Å²) < 4.78 is 10.7. The quantitative estimate of drug-likeness (QED) is 0.457. The highest BCUT2D eigenvalue weighted by atomic mass is 28.4. The standard InChI is InChI=1S/C11H24O2Si/c1-5-6-7-8-9-10-11-14(4,12-2)13-3/h10-11H,5-9H2,1-4H3/b11-10+. The zero-order valence-electron chi connectivity index (χ0n) is 10.0. The highest BCUT2D eigenvalue weighted by molar-refractivity contribution is 6.71. The number of rotatable bonds is 8. The first-order chi connectivity index (χ1) is 6.68. The molecule has 0 aromatic carbocycles. The Bertz CT molecular complexity index is 153. The molecule has 0 N–H and O–H groups in total. The summed E-state index contributed by atoms with van der Waals surface area (Å²) in [5.41, 5.74) is 2.12. The molecule has 0 unspecified atom stereocenters. The van der Waals surface area contributed by atoms with Crippen LogP contribution in [0.25, 0.3) is 0 Å². The summed E-state index contributed by atoms with van der Waals surface area (Å²) in [4.78, 5) is 0. The van der Waals surface area contributed by atoms with Crippen molar-refractivity contribution >= 4 is 8.56 Å². The van der Waals surface area contributed by atoms with Crippen LogP contribution in [0.1, 0.15) is 39.0 Å². The van der Waals surface area contributed by atoms with E-state index in [4.69, 9.17) is 8.85 Å². The van der Waals surface area contributed by atoms with Crippen molar-refractivity contribution in [3.8, 4) is 0 Å². The second-order valence-electron chi connectivity index (χ2n) is 3.68. The fraction of sp³-hybridized carbons (Fsp3) is 0.818. The van der Waals surface area contributed by atoms with E-state index in [9.17, 15) is 0 Å². The summed E-state index contributed by atoms with van der Waals surface area (Å²) >= 11 is 0. The fourth-order valence-electron chi connectivity index (χ4n) is 1.21. The minimum absolute atomic E-state index is 1.15. The zero-order chi connectivity index (χ0) is 10.9. The first kappa shape index (κ1) is 13.9. The van der Waals surface area contributed by atoms with Crippen molar-refractivity contribution in [1.82, 2.24) is 0 Å². The Labute approximate surface area is 89.6 Å². The van der Waals surface area contributed by atoms with E-state index in [1.807, 2.05) is 0 Å². The largest absolute Gasteiger partial charge is 0.395 e. The van der Waals surface area contributed by atoms with Crippen LogP contribution in [-0.4, -0.2) is 22.8 Å². The van der Waals surface area contributed by atoms with Crippen LogP contribution in [0.15, 0.2) is 11.8 Å². The molecule has 84 valence electrons. The Balaban J connectivity index is 3.59. The van der Waals surface area contributed by atoms with E-state index in [1.54, 1.807) is 14.2 Å². The minimum atomic E-state index is -1.95. The van der Waals surface area contributed by atoms with Gasteiger partial charge >= 0.3 is 8.56 Å². The maximum Gasteiger partial charge on any atom is 0.360 e. The third-order valence-electron chi connectivity index (χ3n) is 2.46. The average Bonchev–Trinajstić information content (AvgIpc) is 2.23. The van der Waals surface area contributed by atoms with Crippen molar-refractivity contribution in [3.63, 3.8) is 0 Å². The fourth-order valence-corrected chi connectivity index (χ4v) is 2.24. The first-order valence-electron chi connectivity index (χ1n) is 5.46. The Morgan fingerprint density at radius 2 is 1.71 bits per heavy atom. The van der Waals surface area contributed by atoms with Crippen LogP contribution in [0.2, 0.25) is 6.55 Å². The van der Waals surface area contributed by atoms with E-state index < -0.39 is 8.56 Å². The molecule has 0 aromatic rings. The number of hydrogen-bond acceptors (Lipinski definition) is 2. The van der Waals surface area contributed by atoms with Gasteiger partial charge in [0, 0.05) is 14.2 Å². The highest BCUT2D eigenvalue weighted by Crippen LogP contribution is 2.08. The highest BCUT2D eigenvalue weighted by Gasteiger charge is 2.23. The van der Waals surface area contributed by atoms with Gasteiger partial charge in [0.2, 0.25) is 0 Å². The molecular formula is C11H24O2Si. The lowest BCUT2D eigenvalue weighted by Crippen LogP contribution is -2.33. The van der Waals surface area contributed by atoms with E-state index in [2.05, 4.69) is 25.2 Å². The van der Waals surface area contributed by atoms with Gasteiger partial charge < -0.3 is 8.85 Å². The average molecular weight is 216 g/mol. The van der Waals surface area contributed by atoms with Gasteiger partial charge in [-0.25, -0.2) is 0 Å². The second-order valence-corrected chi connectivity index (χ2v) is 6.86. The van der Waals surface area contributed by atoms with Gasteiger partial charge in [0.25, 0.3) is 0 Å². The molecular weight excluding hydrogens is 192 g/mol. The predicted octanol–water partition coefficient (Wildman–Crippen LogP) is 3.42. The molecule has 0 amide bonds. The molecule has 0 aliphatic heterocycles. The topological polar surface area (TPSA) is 18.5 Å². The van der Waals surface area contributed by atoms with Crippen molar-refractivity contribution in [2.24, 2.45) is 0 Å². The SMILES string of the molecule is CCCCCC/C=C/[Si](C)(OC)OC. The van der Waals surface area contributed by atoms with Crippen LogP contribution in [0.4, 0.5) is 0 Å². The monoisotopic (exact) mass is 216 g/mol.